The Balaban J connectivity index is 2.27. The Bertz CT molecular complexity index is 803. The molecule has 1 aromatic heterocycles. The Morgan fingerprint density at radius 1 is 1.60 bits per heavy atom. The van der Waals surface area contributed by atoms with Crippen LogP contribution in [0.15, 0.2) is 21.9 Å². The Labute approximate surface area is 146 Å². The second-order valence-corrected chi connectivity index (χ2v) is 5.66. The minimum absolute atomic E-state index is 0.0322. The highest BCUT2D eigenvalue weighted by molar-refractivity contribution is 7.80. The summed E-state index contributed by atoms with van der Waals surface area (Å²) in [6, 6.07) is 1.57. The van der Waals surface area contributed by atoms with E-state index in [1.165, 1.54) is 0 Å². The van der Waals surface area contributed by atoms with Crippen LogP contribution in [0, 0.1) is 11.3 Å². The number of carbonyl (C=O) groups excluding carboxylic acids is 1. The van der Waals surface area contributed by atoms with Crippen LogP contribution in [-0.2, 0) is 20.0 Å². The zero-order chi connectivity index (χ0) is 18.8. The maximum atomic E-state index is 11.9. The van der Waals surface area contributed by atoms with E-state index in [4.69, 9.17) is 15.2 Å². The van der Waals surface area contributed by atoms with Crippen LogP contribution in [0.3, 0.4) is 0 Å². The summed E-state index contributed by atoms with van der Waals surface area (Å²) in [4.78, 5) is 36.5. The number of nitrogens with one attached hydrogen (secondary N) is 1. The van der Waals surface area contributed by atoms with E-state index in [0.29, 0.717) is 4.57 Å². The summed E-state index contributed by atoms with van der Waals surface area (Å²) < 4.78 is 10.8. The number of aromatic nitrogens is 2. The maximum Gasteiger partial charge on any atom is 0.331 e. The van der Waals surface area contributed by atoms with Gasteiger partial charge in [-0.3, -0.25) is 19.1 Å². The molecule has 1 fully saturated rings. The van der Waals surface area contributed by atoms with E-state index in [0.717, 1.165) is 12.3 Å². The van der Waals surface area contributed by atoms with Crippen molar-refractivity contribution in [1.29, 1.82) is 5.26 Å². The number of nitrogens with zero attached hydrogens (tertiary/aromatic N) is 2. The SMILES string of the molecule is N#C[C@@]1(n2ccc(=O)[nH]c2=O)O[C@H](COC(=O)[C@@H](N)CS)C(O)C1O. The summed E-state index contributed by atoms with van der Waals surface area (Å²) in [6.07, 6.45) is -3.84. The third-order valence-electron chi connectivity index (χ3n) is 3.67. The highest BCUT2D eigenvalue weighted by atomic mass is 32.1. The van der Waals surface area contributed by atoms with Gasteiger partial charge >= 0.3 is 11.7 Å². The van der Waals surface area contributed by atoms with E-state index in [9.17, 15) is 29.9 Å². The first kappa shape index (κ1) is 19.2. The molecule has 5 N–H and O–H groups in total. The number of hydrogen-bond acceptors (Lipinski definition) is 10. The molecule has 0 spiro atoms. The number of aliphatic hydroxyl groups excluding tert-OH is 2. The third-order valence-corrected chi connectivity index (χ3v) is 4.06. The Hall–Kier alpha value is -2.17. The molecule has 1 aliphatic rings. The highest BCUT2D eigenvalue weighted by Crippen LogP contribution is 2.34. The normalized spacial score (nSPS) is 29.8. The second-order valence-electron chi connectivity index (χ2n) is 5.30. The van der Waals surface area contributed by atoms with Crippen LogP contribution in [0.25, 0.3) is 0 Å². The van der Waals surface area contributed by atoms with Gasteiger partial charge in [-0.15, -0.1) is 0 Å². The standard InChI is InChI=1S/C13H16N4O7S/c14-5-13(17-2-1-8(18)16-12(17)22)10(20)9(19)7(24-13)3-23-11(21)6(15)4-25/h1-2,6-7,9-10,19-20,25H,3-4,15H2,(H,16,18,22)/t6-,7+,9?,10?,13+/m0/s1. The van der Waals surface area contributed by atoms with Crippen LogP contribution < -0.4 is 17.0 Å². The molecule has 25 heavy (non-hydrogen) atoms. The van der Waals surface area contributed by atoms with Crippen LogP contribution in [0.4, 0.5) is 0 Å². The van der Waals surface area contributed by atoms with Gasteiger partial charge in [-0.1, -0.05) is 0 Å². The Kier molecular flexibility index (Phi) is 5.65. The van der Waals surface area contributed by atoms with Gasteiger partial charge in [0.05, 0.1) is 0 Å². The van der Waals surface area contributed by atoms with Crippen LogP contribution in [0.5, 0.6) is 0 Å². The Morgan fingerprint density at radius 3 is 2.84 bits per heavy atom. The number of nitrogens with two attached hydrogens (primary N) is 1. The van der Waals surface area contributed by atoms with Crippen molar-refractivity contribution < 1.29 is 24.5 Å². The van der Waals surface area contributed by atoms with Gasteiger partial charge in [0.25, 0.3) is 11.3 Å². The van der Waals surface area contributed by atoms with Crippen molar-refractivity contribution in [3.8, 4) is 6.07 Å². The smallest absolute Gasteiger partial charge is 0.331 e. The lowest BCUT2D eigenvalue weighted by Gasteiger charge is -2.26. The lowest BCUT2D eigenvalue weighted by Crippen LogP contribution is -2.50. The molecule has 0 amide bonds. The molecule has 11 nitrogen and oxygen atoms in total. The summed E-state index contributed by atoms with van der Waals surface area (Å²) in [7, 11) is 0. The van der Waals surface area contributed by atoms with Gasteiger partial charge in [0.1, 0.15) is 37.0 Å². The first-order chi connectivity index (χ1) is 11.8. The molecular formula is C13H16N4O7S. The average Bonchev–Trinajstić information content (AvgIpc) is 2.84. The summed E-state index contributed by atoms with van der Waals surface area (Å²) in [5.74, 6) is -0.777. The number of ether oxygens (including phenoxy) is 2. The van der Waals surface area contributed by atoms with Crippen LogP contribution in [0.1, 0.15) is 0 Å². The molecule has 2 unspecified atom stereocenters. The number of aliphatic hydroxyl groups is 2. The molecule has 2 rings (SSSR count). The van der Waals surface area contributed by atoms with E-state index < -0.39 is 53.9 Å². The number of aromatic amines is 1. The van der Waals surface area contributed by atoms with Gasteiger partial charge in [-0.05, 0) is 0 Å². The van der Waals surface area contributed by atoms with Gasteiger partial charge < -0.3 is 25.4 Å². The largest absolute Gasteiger partial charge is 0.462 e. The van der Waals surface area contributed by atoms with Crippen molar-refractivity contribution >= 4 is 18.6 Å². The van der Waals surface area contributed by atoms with E-state index in [1.54, 1.807) is 6.07 Å². The zero-order valence-electron chi connectivity index (χ0n) is 12.7. The highest BCUT2D eigenvalue weighted by Gasteiger charge is 2.57. The van der Waals surface area contributed by atoms with Gasteiger partial charge in [0, 0.05) is 18.0 Å². The zero-order valence-corrected chi connectivity index (χ0v) is 13.6. The maximum absolute atomic E-state index is 11.9. The second kappa shape index (κ2) is 7.38. The van der Waals surface area contributed by atoms with E-state index in [2.05, 4.69) is 12.6 Å². The molecule has 136 valence electrons. The van der Waals surface area contributed by atoms with E-state index in [-0.39, 0.29) is 5.75 Å². The fraction of sp³-hybridized carbons (Fsp3) is 0.538. The van der Waals surface area contributed by atoms with Crippen molar-refractivity contribution in [3.63, 3.8) is 0 Å². The minimum Gasteiger partial charge on any atom is -0.462 e. The molecule has 0 aliphatic carbocycles. The molecule has 1 aromatic rings. The molecule has 0 radical (unpaired) electrons. The molecule has 1 saturated heterocycles. The lowest BCUT2D eigenvalue weighted by atomic mass is 10.0. The summed E-state index contributed by atoms with van der Waals surface area (Å²) in [5.41, 5.74) is 1.40. The third kappa shape index (κ3) is 3.46. The number of esters is 1. The molecule has 0 saturated carbocycles. The average molecular weight is 372 g/mol. The van der Waals surface area contributed by atoms with Gasteiger partial charge in [0.15, 0.2) is 0 Å². The summed E-state index contributed by atoms with van der Waals surface area (Å²) >= 11 is 3.84. The van der Waals surface area contributed by atoms with E-state index >= 15 is 0 Å². The number of hydrogen-bond donors (Lipinski definition) is 5. The van der Waals surface area contributed by atoms with Crippen molar-refractivity contribution in [3.05, 3.63) is 33.1 Å². The van der Waals surface area contributed by atoms with Crippen molar-refractivity contribution in [2.75, 3.05) is 12.4 Å². The monoisotopic (exact) mass is 372 g/mol. The number of rotatable bonds is 5. The molecule has 5 atom stereocenters. The van der Waals surface area contributed by atoms with Crippen molar-refractivity contribution in [2.45, 2.75) is 30.1 Å². The number of thiol groups is 1. The predicted octanol–water partition coefficient (Wildman–Crippen LogP) is -3.37. The minimum atomic E-state index is -2.30. The molecule has 12 heteroatoms. The van der Waals surface area contributed by atoms with Gasteiger partial charge in [-0.25, -0.2) is 4.79 Å². The number of H-pyrrole nitrogens is 1. The van der Waals surface area contributed by atoms with Crippen LogP contribution >= 0.6 is 12.6 Å². The molecule has 0 aromatic carbocycles. The molecule has 2 heterocycles. The molecular weight excluding hydrogens is 356 g/mol. The first-order valence-corrected chi connectivity index (χ1v) is 7.70. The quantitative estimate of drug-likeness (QED) is 0.260. The topological polar surface area (TPSA) is 181 Å². The molecule has 0 bridgehead atoms. The fourth-order valence-electron chi connectivity index (χ4n) is 2.31. The van der Waals surface area contributed by atoms with Gasteiger partial charge in [0.2, 0.25) is 0 Å². The number of carbonyl (C=O) groups is 1. The van der Waals surface area contributed by atoms with Crippen molar-refractivity contribution in [2.24, 2.45) is 5.73 Å². The van der Waals surface area contributed by atoms with E-state index in [1.807, 2.05) is 4.98 Å². The van der Waals surface area contributed by atoms with Gasteiger partial charge in [-0.2, -0.15) is 17.9 Å². The van der Waals surface area contributed by atoms with Crippen molar-refractivity contribution in [1.82, 2.24) is 9.55 Å². The lowest BCUT2D eigenvalue weighted by molar-refractivity contribution is -0.154. The van der Waals surface area contributed by atoms with Crippen LogP contribution in [0.2, 0.25) is 0 Å². The number of nitriles is 1. The van der Waals surface area contributed by atoms with Crippen LogP contribution in [-0.4, -0.2) is 62.4 Å². The fourth-order valence-corrected chi connectivity index (χ4v) is 2.46. The first-order valence-electron chi connectivity index (χ1n) is 7.07. The molecule has 1 aliphatic heterocycles. The Morgan fingerprint density at radius 2 is 2.28 bits per heavy atom. The summed E-state index contributed by atoms with van der Waals surface area (Å²) in [5, 5.41) is 29.7. The predicted molar refractivity (Wildman–Crippen MR) is 84.6 cm³/mol. The summed E-state index contributed by atoms with van der Waals surface area (Å²) in [6.45, 7) is -0.514.